The number of carboxylic acid groups (broad SMARTS) is 1. The molecule has 0 spiro atoms. The van der Waals surface area contributed by atoms with E-state index in [-0.39, 0.29) is 17.7 Å². The molecule has 0 fully saturated rings. The van der Waals surface area contributed by atoms with Crippen molar-refractivity contribution < 1.29 is 23.1 Å². The van der Waals surface area contributed by atoms with E-state index in [1.165, 1.54) is 24.3 Å². The molecule has 0 bridgehead atoms. The Balaban J connectivity index is 2.88. The van der Waals surface area contributed by atoms with Gasteiger partial charge in [0.15, 0.2) is 0 Å². The van der Waals surface area contributed by atoms with E-state index < -0.39 is 27.9 Å². The molecule has 4 N–H and O–H groups in total. The number of amides is 1. The molecule has 20 heavy (non-hydrogen) atoms. The summed E-state index contributed by atoms with van der Waals surface area (Å²) in [5.41, 5.74) is 4.92. The van der Waals surface area contributed by atoms with Crippen molar-refractivity contribution in [2.24, 2.45) is 5.73 Å². The van der Waals surface area contributed by atoms with Crippen molar-refractivity contribution in [3.8, 4) is 0 Å². The van der Waals surface area contributed by atoms with Crippen LogP contribution in [0, 0.1) is 0 Å². The molecule has 0 aliphatic rings. The zero-order valence-corrected chi connectivity index (χ0v) is 12.6. The van der Waals surface area contributed by atoms with Crippen LogP contribution in [0.1, 0.15) is 12.8 Å². The second kappa shape index (κ2) is 6.82. The van der Waals surface area contributed by atoms with E-state index in [1.54, 1.807) is 0 Å². The van der Waals surface area contributed by atoms with Crippen LogP contribution in [0.2, 0.25) is 0 Å². The molecule has 110 valence electrons. The molecule has 1 aromatic carbocycles. The number of nitrogens with one attached hydrogen (secondary N) is 1. The molecule has 1 amide bonds. The lowest BCUT2D eigenvalue weighted by Gasteiger charge is -2.14. The Bertz CT molecular complexity index is 600. The van der Waals surface area contributed by atoms with Gasteiger partial charge in [0, 0.05) is 10.9 Å². The number of carbonyl (C=O) groups is 2. The van der Waals surface area contributed by atoms with Gasteiger partial charge in [-0.25, -0.2) is 8.42 Å². The van der Waals surface area contributed by atoms with Gasteiger partial charge in [0.2, 0.25) is 15.9 Å². The number of carbonyl (C=O) groups excluding carboxylic acids is 1. The lowest BCUT2D eigenvalue weighted by atomic mass is 10.2. The van der Waals surface area contributed by atoms with Gasteiger partial charge in [0.25, 0.3) is 0 Å². The van der Waals surface area contributed by atoms with Crippen LogP contribution in [-0.4, -0.2) is 31.4 Å². The maximum Gasteiger partial charge on any atom is 0.321 e. The van der Waals surface area contributed by atoms with Crippen LogP contribution >= 0.6 is 15.9 Å². The molecular formula is C11H13BrN2O5S. The van der Waals surface area contributed by atoms with Crippen LogP contribution < -0.4 is 10.5 Å². The molecule has 7 nitrogen and oxygen atoms in total. The van der Waals surface area contributed by atoms with Gasteiger partial charge in [-0.15, -0.1) is 0 Å². The van der Waals surface area contributed by atoms with Gasteiger partial charge in [-0.05, 0) is 30.7 Å². The van der Waals surface area contributed by atoms with Crippen molar-refractivity contribution in [1.29, 1.82) is 0 Å². The second-order valence-corrected chi connectivity index (χ2v) is 6.60. The molecule has 0 aromatic heterocycles. The van der Waals surface area contributed by atoms with E-state index in [9.17, 15) is 18.0 Å². The summed E-state index contributed by atoms with van der Waals surface area (Å²) in [4.78, 5) is 21.6. The Hall–Kier alpha value is -1.45. The van der Waals surface area contributed by atoms with Gasteiger partial charge in [-0.2, -0.15) is 4.72 Å². The van der Waals surface area contributed by atoms with E-state index in [0.717, 1.165) is 0 Å². The van der Waals surface area contributed by atoms with E-state index in [0.29, 0.717) is 4.47 Å². The first-order valence-electron chi connectivity index (χ1n) is 5.51. The van der Waals surface area contributed by atoms with Crippen molar-refractivity contribution in [1.82, 2.24) is 4.72 Å². The Kier molecular flexibility index (Phi) is 5.66. The standard InChI is InChI=1S/C11H13BrN2O5S/c12-7-1-3-8(4-2-7)20(18,19)14-9(11(16)17)5-6-10(13)15/h1-4,9,14H,5-6H2,(H2,13,15)(H,16,17)/t9-/m1/s1. The molecule has 0 saturated heterocycles. The predicted molar refractivity (Wildman–Crippen MR) is 74.3 cm³/mol. The summed E-state index contributed by atoms with van der Waals surface area (Å²) >= 11 is 3.17. The molecule has 1 atom stereocenters. The summed E-state index contributed by atoms with van der Waals surface area (Å²) in [5.74, 6) is -2.06. The van der Waals surface area contributed by atoms with Crippen LogP contribution in [0.15, 0.2) is 33.6 Å². The minimum atomic E-state index is -3.97. The lowest BCUT2D eigenvalue weighted by molar-refractivity contribution is -0.139. The van der Waals surface area contributed by atoms with Crippen molar-refractivity contribution in [2.75, 3.05) is 0 Å². The third kappa shape index (κ3) is 4.91. The Morgan fingerprint density at radius 3 is 2.30 bits per heavy atom. The van der Waals surface area contributed by atoms with E-state index in [1.807, 2.05) is 4.72 Å². The quantitative estimate of drug-likeness (QED) is 0.647. The lowest BCUT2D eigenvalue weighted by Crippen LogP contribution is -2.41. The van der Waals surface area contributed by atoms with E-state index >= 15 is 0 Å². The van der Waals surface area contributed by atoms with Crippen molar-refractivity contribution >= 4 is 37.8 Å². The summed E-state index contributed by atoms with van der Waals surface area (Å²) in [6.07, 6.45) is -0.430. The van der Waals surface area contributed by atoms with Crippen molar-refractivity contribution in [3.05, 3.63) is 28.7 Å². The van der Waals surface area contributed by atoms with Crippen LogP contribution in [0.5, 0.6) is 0 Å². The van der Waals surface area contributed by atoms with Crippen LogP contribution in [-0.2, 0) is 19.6 Å². The molecule has 0 aliphatic carbocycles. The normalized spacial score (nSPS) is 12.8. The highest BCUT2D eigenvalue weighted by Gasteiger charge is 2.25. The highest BCUT2D eigenvalue weighted by molar-refractivity contribution is 9.10. The first-order valence-corrected chi connectivity index (χ1v) is 7.79. The largest absolute Gasteiger partial charge is 0.480 e. The summed E-state index contributed by atoms with van der Waals surface area (Å²) in [7, 11) is -3.97. The van der Waals surface area contributed by atoms with Gasteiger partial charge in [-0.3, -0.25) is 9.59 Å². The number of nitrogens with two attached hydrogens (primary N) is 1. The maximum atomic E-state index is 12.0. The number of sulfonamides is 1. The van der Waals surface area contributed by atoms with Gasteiger partial charge < -0.3 is 10.8 Å². The van der Waals surface area contributed by atoms with Crippen molar-refractivity contribution in [2.45, 2.75) is 23.8 Å². The number of primary amides is 1. The first-order chi connectivity index (χ1) is 9.22. The molecule has 1 aromatic rings. The van der Waals surface area contributed by atoms with Crippen LogP contribution in [0.4, 0.5) is 0 Å². The molecule has 0 saturated carbocycles. The van der Waals surface area contributed by atoms with Gasteiger partial charge in [0.05, 0.1) is 4.90 Å². The summed E-state index contributed by atoms with van der Waals surface area (Å²) in [6.45, 7) is 0. The summed E-state index contributed by atoms with van der Waals surface area (Å²) in [6, 6.07) is 4.30. The topological polar surface area (TPSA) is 127 Å². The smallest absolute Gasteiger partial charge is 0.321 e. The number of hydrogen-bond donors (Lipinski definition) is 3. The molecule has 0 radical (unpaired) electrons. The Morgan fingerprint density at radius 1 is 1.30 bits per heavy atom. The Morgan fingerprint density at radius 2 is 1.85 bits per heavy atom. The minimum absolute atomic E-state index is 0.0639. The van der Waals surface area contributed by atoms with Crippen molar-refractivity contribution in [3.63, 3.8) is 0 Å². The molecule has 1 rings (SSSR count). The zero-order chi connectivity index (χ0) is 15.3. The number of aliphatic carboxylic acids is 1. The molecular weight excluding hydrogens is 352 g/mol. The number of rotatable bonds is 7. The number of benzene rings is 1. The highest BCUT2D eigenvalue weighted by Crippen LogP contribution is 2.15. The van der Waals surface area contributed by atoms with Crippen LogP contribution in [0.25, 0.3) is 0 Å². The maximum absolute atomic E-state index is 12.0. The third-order valence-electron chi connectivity index (χ3n) is 2.40. The van der Waals surface area contributed by atoms with E-state index in [4.69, 9.17) is 10.8 Å². The van der Waals surface area contributed by atoms with Gasteiger partial charge in [0.1, 0.15) is 6.04 Å². The van der Waals surface area contributed by atoms with Crippen LogP contribution in [0.3, 0.4) is 0 Å². The molecule has 0 heterocycles. The average Bonchev–Trinajstić information content (AvgIpc) is 2.34. The number of carboxylic acids is 1. The SMILES string of the molecule is NC(=O)CC[C@@H](NS(=O)(=O)c1ccc(Br)cc1)C(=O)O. The zero-order valence-electron chi connectivity index (χ0n) is 10.2. The average molecular weight is 365 g/mol. The fourth-order valence-electron chi connectivity index (χ4n) is 1.39. The fourth-order valence-corrected chi connectivity index (χ4v) is 2.88. The molecule has 9 heteroatoms. The predicted octanol–water partition coefficient (Wildman–Crippen LogP) is 0.446. The van der Waals surface area contributed by atoms with Gasteiger partial charge in [-0.1, -0.05) is 15.9 Å². The highest BCUT2D eigenvalue weighted by atomic mass is 79.9. The summed E-state index contributed by atoms with van der Waals surface area (Å²) < 4.78 is 26.7. The summed E-state index contributed by atoms with van der Waals surface area (Å²) in [5, 5.41) is 8.95. The number of hydrogen-bond acceptors (Lipinski definition) is 4. The fraction of sp³-hybridized carbons (Fsp3) is 0.273. The third-order valence-corrected chi connectivity index (χ3v) is 4.42. The monoisotopic (exact) mass is 364 g/mol. The van der Waals surface area contributed by atoms with Gasteiger partial charge >= 0.3 is 5.97 Å². The minimum Gasteiger partial charge on any atom is -0.480 e. The number of halogens is 1. The molecule has 0 unspecified atom stereocenters. The molecule has 0 aliphatic heterocycles. The Labute approximate surface area is 124 Å². The van der Waals surface area contributed by atoms with E-state index in [2.05, 4.69) is 15.9 Å². The second-order valence-electron chi connectivity index (χ2n) is 3.97. The first kappa shape index (κ1) is 16.6.